The summed E-state index contributed by atoms with van der Waals surface area (Å²) in [6.45, 7) is 0. The third kappa shape index (κ3) is 2.34. The maximum absolute atomic E-state index is 5.92. The van der Waals surface area contributed by atoms with Crippen LogP contribution in [0, 0.1) is 0 Å². The van der Waals surface area contributed by atoms with Gasteiger partial charge in [0, 0.05) is 17.6 Å². The molecule has 5 heteroatoms. The highest BCUT2D eigenvalue weighted by atomic mass is 35.5. The van der Waals surface area contributed by atoms with Crippen molar-refractivity contribution in [3.63, 3.8) is 0 Å². The van der Waals surface area contributed by atoms with Crippen LogP contribution in [0.3, 0.4) is 0 Å². The van der Waals surface area contributed by atoms with Gasteiger partial charge in [0.15, 0.2) is 0 Å². The summed E-state index contributed by atoms with van der Waals surface area (Å²) in [6, 6.07) is 5.12. The van der Waals surface area contributed by atoms with Gasteiger partial charge in [-0.15, -0.1) is 0 Å². The van der Waals surface area contributed by atoms with Gasteiger partial charge in [0.05, 0.1) is 5.02 Å². The van der Waals surface area contributed by atoms with Crippen molar-refractivity contribution in [3.8, 4) is 0 Å². The van der Waals surface area contributed by atoms with Crippen LogP contribution < -0.4 is 11.3 Å². The van der Waals surface area contributed by atoms with Gasteiger partial charge in [-0.2, -0.15) is 0 Å². The molecule has 0 aromatic heterocycles. The van der Waals surface area contributed by atoms with Crippen LogP contribution in [-0.4, -0.2) is 12.9 Å². The van der Waals surface area contributed by atoms with Crippen molar-refractivity contribution in [2.24, 2.45) is 10.8 Å². The van der Waals surface area contributed by atoms with E-state index < -0.39 is 0 Å². The Morgan fingerprint density at radius 2 is 2.15 bits per heavy atom. The summed E-state index contributed by atoms with van der Waals surface area (Å²) in [4.78, 5) is 3.92. The maximum atomic E-state index is 5.92. The van der Waals surface area contributed by atoms with Gasteiger partial charge in [-0.25, -0.2) is 5.84 Å². The quantitative estimate of drug-likeness (QED) is 0.327. The van der Waals surface area contributed by atoms with Crippen molar-refractivity contribution >= 4 is 29.0 Å². The number of hydrogen-bond donors (Lipinski definition) is 2. The van der Waals surface area contributed by atoms with Crippen LogP contribution in [0.4, 0.5) is 0 Å². The Morgan fingerprint density at radius 1 is 1.46 bits per heavy atom. The van der Waals surface area contributed by atoms with Crippen LogP contribution >= 0.6 is 23.2 Å². The Balaban J connectivity index is 3.15. The molecular formula is C8H9Cl2N3. The van der Waals surface area contributed by atoms with Crippen molar-refractivity contribution < 1.29 is 0 Å². The molecule has 0 spiro atoms. The minimum absolute atomic E-state index is 0.519. The molecule has 1 rings (SSSR count). The molecule has 3 nitrogen and oxygen atoms in total. The first-order valence-electron chi connectivity index (χ1n) is 3.58. The lowest BCUT2D eigenvalue weighted by Gasteiger charge is -2.06. The number of rotatable bonds is 1. The van der Waals surface area contributed by atoms with Crippen molar-refractivity contribution in [2.45, 2.75) is 0 Å². The first kappa shape index (κ1) is 10.3. The van der Waals surface area contributed by atoms with Gasteiger partial charge in [-0.3, -0.25) is 4.99 Å². The van der Waals surface area contributed by atoms with Gasteiger partial charge in [0.1, 0.15) is 5.84 Å². The Kier molecular flexibility index (Phi) is 3.54. The normalized spacial score (nSPS) is 11.5. The lowest BCUT2D eigenvalue weighted by molar-refractivity contribution is 1.02. The molecular weight excluding hydrogens is 209 g/mol. The zero-order valence-electron chi connectivity index (χ0n) is 7.01. The molecule has 0 aliphatic carbocycles. The smallest absolute Gasteiger partial charge is 0.143 e. The molecule has 0 saturated carbocycles. The fourth-order valence-electron chi connectivity index (χ4n) is 0.944. The fraction of sp³-hybridized carbons (Fsp3) is 0.125. The van der Waals surface area contributed by atoms with E-state index in [4.69, 9.17) is 29.0 Å². The van der Waals surface area contributed by atoms with Crippen LogP contribution in [0.25, 0.3) is 0 Å². The van der Waals surface area contributed by atoms with Gasteiger partial charge in [0.25, 0.3) is 0 Å². The van der Waals surface area contributed by atoms with E-state index in [1.807, 2.05) is 0 Å². The average Bonchev–Trinajstić information content (AvgIpc) is 2.10. The van der Waals surface area contributed by atoms with Gasteiger partial charge < -0.3 is 5.43 Å². The SMILES string of the molecule is CN=C(NN)c1ccc(Cl)cc1Cl. The fourth-order valence-corrected chi connectivity index (χ4v) is 1.44. The Hall–Kier alpha value is -0.770. The molecule has 0 unspecified atom stereocenters. The Labute approximate surface area is 86.5 Å². The lowest BCUT2D eigenvalue weighted by Crippen LogP contribution is -2.31. The highest BCUT2D eigenvalue weighted by Gasteiger charge is 2.05. The highest BCUT2D eigenvalue weighted by Crippen LogP contribution is 2.20. The van der Waals surface area contributed by atoms with Crippen LogP contribution in [0.2, 0.25) is 10.0 Å². The second-order valence-electron chi connectivity index (χ2n) is 2.34. The van der Waals surface area contributed by atoms with E-state index in [9.17, 15) is 0 Å². The topological polar surface area (TPSA) is 50.4 Å². The molecule has 0 aliphatic heterocycles. The molecule has 0 radical (unpaired) electrons. The summed E-state index contributed by atoms with van der Waals surface area (Å²) in [7, 11) is 1.63. The third-order valence-corrected chi connectivity index (χ3v) is 2.09. The highest BCUT2D eigenvalue weighted by molar-refractivity contribution is 6.36. The Bertz CT molecular complexity index is 336. The molecule has 1 aromatic rings. The predicted octanol–water partition coefficient (Wildman–Crippen LogP) is 1.83. The van der Waals surface area contributed by atoms with Gasteiger partial charge in [-0.1, -0.05) is 23.2 Å². The van der Waals surface area contributed by atoms with Crippen molar-refractivity contribution in [1.82, 2.24) is 5.43 Å². The number of hydrazine groups is 1. The monoisotopic (exact) mass is 217 g/mol. The molecule has 0 heterocycles. The number of amidine groups is 1. The number of nitrogens with two attached hydrogens (primary N) is 1. The number of nitrogens with zero attached hydrogens (tertiary/aromatic N) is 1. The summed E-state index contributed by atoms with van der Waals surface area (Å²) >= 11 is 11.7. The van der Waals surface area contributed by atoms with Crippen LogP contribution in [0.1, 0.15) is 5.56 Å². The number of aliphatic imine (C=N–C) groups is 1. The minimum atomic E-state index is 0.519. The van der Waals surface area contributed by atoms with Crippen molar-refractivity contribution in [3.05, 3.63) is 33.8 Å². The first-order valence-corrected chi connectivity index (χ1v) is 4.33. The number of benzene rings is 1. The molecule has 1 aromatic carbocycles. The largest absolute Gasteiger partial charge is 0.308 e. The summed E-state index contributed by atoms with van der Waals surface area (Å²) in [6.07, 6.45) is 0. The van der Waals surface area contributed by atoms with Crippen LogP contribution in [0.5, 0.6) is 0 Å². The summed E-state index contributed by atoms with van der Waals surface area (Å²) in [5.41, 5.74) is 3.18. The average molecular weight is 218 g/mol. The molecule has 3 N–H and O–H groups in total. The van der Waals surface area contributed by atoms with Crippen LogP contribution in [0.15, 0.2) is 23.2 Å². The standard InChI is InChI=1S/C8H9Cl2N3/c1-12-8(13-11)6-3-2-5(9)4-7(6)10/h2-4H,11H2,1H3,(H,12,13). The molecule has 0 saturated heterocycles. The maximum Gasteiger partial charge on any atom is 0.143 e. The number of nitrogens with one attached hydrogen (secondary N) is 1. The lowest BCUT2D eigenvalue weighted by atomic mass is 10.2. The number of hydrogen-bond acceptors (Lipinski definition) is 2. The van der Waals surface area contributed by atoms with E-state index in [-0.39, 0.29) is 0 Å². The first-order chi connectivity index (χ1) is 6.19. The summed E-state index contributed by atoms with van der Waals surface area (Å²) in [5, 5.41) is 1.10. The molecule has 0 atom stereocenters. The second kappa shape index (κ2) is 4.46. The van der Waals surface area contributed by atoms with Crippen LogP contribution in [-0.2, 0) is 0 Å². The van der Waals surface area contributed by atoms with Crippen molar-refractivity contribution in [2.75, 3.05) is 7.05 Å². The van der Waals surface area contributed by atoms with Gasteiger partial charge in [-0.05, 0) is 18.2 Å². The zero-order chi connectivity index (χ0) is 9.84. The van der Waals surface area contributed by atoms with E-state index >= 15 is 0 Å². The molecule has 13 heavy (non-hydrogen) atoms. The van der Waals surface area contributed by atoms with E-state index in [2.05, 4.69) is 10.4 Å². The van der Waals surface area contributed by atoms with Gasteiger partial charge >= 0.3 is 0 Å². The van der Waals surface area contributed by atoms with E-state index in [0.717, 1.165) is 5.56 Å². The Morgan fingerprint density at radius 3 is 2.62 bits per heavy atom. The van der Waals surface area contributed by atoms with E-state index in [0.29, 0.717) is 15.9 Å². The second-order valence-corrected chi connectivity index (χ2v) is 3.18. The molecule has 70 valence electrons. The molecule has 0 aliphatic rings. The molecule has 0 bridgehead atoms. The number of halogens is 2. The predicted molar refractivity (Wildman–Crippen MR) is 56.2 cm³/mol. The molecule has 0 amide bonds. The zero-order valence-corrected chi connectivity index (χ0v) is 8.52. The minimum Gasteiger partial charge on any atom is -0.308 e. The third-order valence-electron chi connectivity index (χ3n) is 1.55. The van der Waals surface area contributed by atoms with E-state index in [1.165, 1.54) is 0 Å². The van der Waals surface area contributed by atoms with Crippen molar-refractivity contribution in [1.29, 1.82) is 0 Å². The summed E-state index contributed by atoms with van der Waals surface area (Å²) < 4.78 is 0. The van der Waals surface area contributed by atoms with E-state index in [1.54, 1.807) is 25.2 Å². The molecule has 0 fully saturated rings. The van der Waals surface area contributed by atoms with Gasteiger partial charge in [0.2, 0.25) is 0 Å². The summed E-state index contributed by atoms with van der Waals surface area (Å²) in [5.74, 6) is 5.78.